The summed E-state index contributed by atoms with van der Waals surface area (Å²) in [5.74, 6) is 0.0709. The summed E-state index contributed by atoms with van der Waals surface area (Å²) in [5.41, 5.74) is 0.544. The van der Waals surface area contributed by atoms with Crippen molar-refractivity contribution in [3.63, 3.8) is 0 Å². The third-order valence-corrected chi connectivity index (χ3v) is 6.40. The maximum atomic E-state index is 12.7. The lowest BCUT2D eigenvalue weighted by Gasteiger charge is -2.21. The highest BCUT2D eigenvalue weighted by Crippen LogP contribution is 2.48. The minimum atomic E-state index is -2.77. The van der Waals surface area contributed by atoms with Gasteiger partial charge in [0.2, 0.25) is 7.37 Å². The van der Waals surface area contributed by atoms with Gasteiger partial charge >= 0.3 is 5.97 Å². The maximum Gasteiger partial charge on any atom is 0.334 e. The standard InChI is InChI=1S/C16H29O4P/c1-4-19-16(17)15(12-14-10-8-7-9-11-14)13-21(18,6-3)20-5-2/h12,14H,4-11,13H2,1-3H3. The van der Waals surface area contributed by atoms with E-state index in [9.17, 15) is 9.36 Å². The van der Waals surface area contributed by atoms with Gasteiger partial charge in [-0.3, -0.25) is 4.57 Å². The number of esters is 1. The largest absolute Gasteiger partial charge is 0.463 e. The summed E-state index contributed by atoms with van der Waals surface area (Å²) < 4.78 is 23.2. The molecule has 1 atom stereocenters. The monoisotopic (exact) mass is 316 g/mol. The summed E-state index contributed by atoms with van der Waals surface area (Å²) in [6.45, 7) is 6.21. The van der Waals surface area contributed by atoms with E-state index in [1.807, 2.05) is 19.9 Å². The average molecular weight is 316 g/mol. The number of rotatable bonds is 8. The molecule has 1 rings (SSSR count). The molecule has 1 fully saturated rings. The highest BCUT2D eigenvalue weighted by molar-refractivity contribution is 7.59. The van der Waals surface area contributed by atoms with Crippen molar-refractivity contribution in [1.82, 2.24) is 0 Å². The van der Waals surface area contributed by atoms with Gasteiger partial charge in [-0.1, -0.05) is 32.3 Å². The summed E-state index contributed by atoms with van der Waals surface area (Å²) in [5, 5.41) is 0. The predicted molar refractivity (Wildman–Crippen MR) is 85.9 cm³/mol. The van der Waals surface area contributed by atoms with Gasteiger partial charge in [0.05, 0.1) is 19.4 Å². The normalized spacial score (nSPS) is 20.0. The van der Waals surface area contributed by atoms with E-state index in [0.29, 0.717) is 30.9 Å². The van der Waals surface area contributed by atoms with Crippen molar-refractivity contribution >= 4 is 13.3 Å². The lowest BCUT2D eigenvalue weighted by atomic mass is 9.88. The second kappa shape index (κ2) is 9.42. The molecule has 1 aliphatic rings. The zero-order valence-corrected chi connectivity index (χ0v) is 14.5. The van der Waals surface area contributed by atoms with Gasteiger partial charge in [-0.15, -0.1) is 0 Å². The van der Waals surface area contributed by atoms with Crippen LogP contribution in [0.2, 0.25) is 0 Å². The number of carbonyl (C=O) groups excluding carboxylic acids is 1. The van der Waals surface area contributed by atoms with Crippen molar-refractivity contribution in [2.24, 2.45) is 5.92 Å². The Kier molecular flexibility index (Phi) is 8.28. The van der Waals surface area contributed by atoms with E-state index >= 15 is 0 Å². The van der Waals surface area contributed by atoms with Gasteiger partial charge in [-0.25, -0.2) is 4.79 Å². The lowest BCUT2D eigenvalue weighted by Crippen LogP contribution is -2.15. The van der Waals surface area contributed by atoms with E-state index in [0.717, 1.165) is 12.8 Å². The molecule has 1 aliphatic carbocycles. The molecule has 0 aromatic heterocycles. The van der Waals surface area contributed by atoms with E-state index in [2.05, 4.69) is 0 Å². The van der Waals surface area contributed by atoms with Crippen LogP contribution in [0.4, 0.5) is 0 Å². The van der Waals surface area contributed by atoms with Crippen molar-refractivity contribution in [3.05, 3.63) is 11.6 Å². The van der Waals surface area contributed by atoms with E-state index in [4.69, 9.17) is 9.26 Å². The van der Waals surface area contributed by atoms with Crippen LogP contribution in [-0.4, -0.2) is 31.5 Å². The molecule has 0 aromatic rings. The van der Waals surface area contributed by atoms with Crippen LogP contribution < -0.4 is 0 Å². The molecule has 4 nitrogen and oxygen atoms in total. The summed E-state index contributed by atoms with van der Waals surface area (Å²) in [7, 11) is -2.77. The van der Waals surface area contributed by atoms with Crippen LogP contribution in [0.25, 0.3) is 0 Å². The van der Waals surface area contributed by atoms with Crippen LogP contribution in [-0.2, 0) is 18.6 Å². The van der Waals surface area contributed by atoms with Crippen LogP contribution in [0, 0.1) is 5.92 Å². The van der Waals surface area contributed by atoms with Crippen LogP contribution in [0.15, 0.2) is 11.6 Å². The summed E-state index contributed by atoms with van der Waals surface area (Å²) in [6, 6.07) is 0. The molecule has 0 aromatic carbocycles. The van der Waals surface area contributed by atoms with Gasteiger partial charge in [-0.2, -0.15) is 0 Å². The summed E-state index contributed by atoms with van der Waals surface area (Å²) in [4.78, 5) is 12.1. The lowest BCUT2D eigenvalue weighted by molar-refractivity contribution is -0.138. The second-order valence-electron chi connectivity index (χ2n) is 5.52. The molecule has 0 spiro atoms. The summed E-state index contributed by atoms with van der Waals surface area (Å²) in [6.07, 6.45) is 8.53. The van der Waals surface area contributed by atoms with Crippen LogP contribution in [0.1, 0.15) is 52.9 Å². The van der Waals surface area contributed by atoms with Crippen molar-refractivity contribution < 1.29 is 18.6 Å². The van der Waals surface area contributed by atoms with E-state index in [1.165, 1.54) is 19.3 Å². The first-order valence-corrected chi connectivity index (χ1v) is 10.1. The molecule has 0 saturated heterocycles. The maximum absolute atomic E-state index is 12.7. The minimum Gasteiger partial charge on any atom is -0.463 e. The SMILES string of the molecule is CCOC(=O)C(=CC1CCCCC1)CP(=O)(CC)OCC. The zero-order valence-electron chi connectivity index (χ0n) is 13.6. The van der Waals surface area contributed by atoms with Crippen molar-refractivity contribution in [2.45, 2.75) is 52.9 Å². The van der Waals surface area contributed by atoms with Crippen LogP contribution in [0.3, 0.4) is 0 Å². The fraction of sp³-hybridized carbons (Fsp3) is 0.812. The Hall–Kier alpha value is -0.600. The molecule has 21 heavy (non-hydrogen) atoms. The Balaban J connectivity index is 2.87. The van der Waals surface area contributed by atoms with Crippen molar-refractivity contribution in [2.75, 3.05) is 25.5 Å². The molecular formula is C16H29O4P. The van der Waals surface area contributed by atoms with E-state index in [1.54, 1.807) is 6.92 Å². The molecule has 1 unspecified atom stereocenters. The third-order valence-electron chi connectivity index (χ3n) is 3.88. The van der Waals surface area contributed by atoms with Gasteiger partial charge in [0, 0.05) is 11.7 Å². The molecule has 122 valence electrons. The molecule has 0 radical (unpaired) electrons. The number of ether oxygens (including phenoxy) is 1. The second-order valence-corrected chi connectivity index (χ2v) is 8.35. The number of hydrogen-bond acceptors (Lipinski definition) is 4. The van der Waals surface area contributed by atoms with Crippen LogP contribution in [0.5, 0.6) is 0 Å². The first-order valence-electron chi connectivity index (χ1n) is 8.15. The Morgan fingerprint density at radius 3 is 2.33 bits per heavy atom. The van der Waals surface area contributed by atoms with Gasteiger partial charge < -0.3 is 9.26 Å². The number of allylic oxidation sites excluding steroid dienone is 1. The molecule has 1 saturated carbocycles. The first kappa shape index (κ1) is 18.4. The molecule has 0 bridgehead atoms. The van der Waals surface area contributed by atoms with Crippen molar-refractivity contribution in [3.8, 4) is 0 Å². The van der Waals surface area contributed by atoms with Crippen molar-refractivity contribution in [1.29, 1.82) is 0 Å². The average Bonchev–Trinajstić information content (AvgIpc) is 2.48. The quantitative estimate of drug-likeness (QED) is 0.378. The first-order chi connectivity index (χ1) is 10.0. The predicted octanol–water partition coefficient (Wildman–Crippen LogP) is 4.39. The Morgan fingerprint density at radius 2 is 1.81 bits per heavy atom. The third kappa shape index (κ3) is 6.36. The topological polar surface area (TPSA) is 52.6 Å². The fourth-order valence-electron chi connectivity index (χ4n) is 2.74. The Bertz CT molecular complexity index is 397. The molecule has 5 heteroatoms. The van der Waals surface area contributed by atoms with Crippen LogP contribution >= 0.6 is 7.37 Å². The molecular weight excluding hydrogens is 287 g/mol. The van der Waals surface area contributed by atoms with Gasteiger partial charge in [0.25, 0.3) is 0 Å². The van der Waals surface area contributed by atoms with E-state index < -0.39 is 7.37 Å². The smallest absolute Gasteiger partial charge is 0.334 e. The Morgan fingerprint density at radius 1 is 1.14 bits per heavy atom. The number of hydrogen-bond donors (Lipinski definition) is 0. The molecule has 0 heterocycles. The highest BCUT2D eigenvalue weighted by atomic mass is 31.2. The fourth-order valence-corrected chi connectivity index (χ4v) is 4.46. The molecule has 0 amide bonds. The number of carbonyl (C=O) groups is 1. The van der Waals surface area contributed by atoms with Gasteiger partial charge in [0.1, 0.15) is 0 Å². The Labute approximate surface area is 128 Å². The molecule has 0 N–H and O–H groups in total. The zero-order chi connectivity index (χ0) is 15.7. The summed E-state index contributed by atoms with van der Waals surface area (Å²) >= 11 is 0. The van der Waals surface area contributed by atoms with E-state index in [-0.39, 0.29) is 12.1 Å². The minimum absolute atomic E-state index is 0.201. The molecule has 0 aliphatic heterocycles. The highest BCUT2D eigenvalue weighted by Gasteiger charge is 2.27. The van der Waals surface area contributed by atoms with Gasteiger partial charge in [0.15, 0.2) is 0 Å². The van der Waals surface area contributed by atoms with Gasteiger partial charge in [-0.05, 0) is 32.6 Å².